The minimum absolute atomic E-state index is 0.452. The standard InChI is InChI=1S/C25H31NO6/c1-6-14-31-22-12-9-19(16-23(22)30-7-2)10-13-24(27)32-18(4)25(28)26-20-15-17(3)8-11-21(20)29-5/h8-13,15-16,18H,6-7,14H2,1-5H3,(H,26,28)/b13-10+. The van der Waals surface area contributed by atoms with Crippen molar-refractivity contribution in [3.05, 3.63) is 53.6 Å². The van der Waals surface area contributed by atoms with Crippen LogP contribution in [-0.4, -0.2) is 38.3 Å². The number of rotatable bonds is 11. The van der Waals surface area contributed by atoms with Crippen molar-refractivity contribution in [3.8, 4) is 17.2 Å². The normalized spacial score (nSPS) is 11.7. The molecule has 2 aromatic carbocycles. The molecule has 7 heteroatoms. The van der Waals surface area contributed by atoms with Gasteiger partial charge in [-0.2, -0.15) is 0 Å². The Morgan fingerprint density at radius 2 is 1.78 bits per heavy atom. The molecular weight excluding hydrogens is 410 g/mol. The number of aryl methyl sites for hydroxylation is 1. The molecule has 7 nitrogen and oxygen atoms in total. The number of carbonyl (C=O) groups excluding carboxylic acids is 2. The molecule has 1 N–H and O–H groups in total. The molecule has 0 aliphatic carbocycles. The number of hydrogen-bond donors (Lipinski definition) is 1. The van der Waals surface area contributed by atoms with Crippen LogP contribution in [0.15, 0.2) is 42.5 Å². The number of esters is 1. The molecule has 0 radical (unpaired) electrons. The van der Waals surface area contributed by atoms with E-state index in [9.17, 15) is 9.59 Å². The van der Waals surface area contributed by atoms with Crippen molar-refractivity contribution in [3.63, 3.8) is 0 Å². The van der Waals surface area contributed by atoms with Gasteiger partial charge in [-0.25, -0.2) is 4.79 Å². The van der Waals surface area contributed by atoms with Crippen LogP contribution in [0.3, 0.4) is 0 Å². The Balaban J connectivity index is 1.99. The van der Waals surface area contributed by atoms with Crippen molar-refractivity contribution in [1.29, 1.82) is 0 Å². The molecular formula is C25H31NO6. The molecule has 1 atom stereocenters. The Morgan fingerprint density at radius 1 is 1.03 bits per heavy atom. The number of carbonyl (C=O) groups is 2. The average Bonchev–Trinajstić information content (AvgIpc) is 2.77. The van der Waals surface area contributed by atoms with Gasteiger partial charge in [0.15, 0.2) is 17.6 Å². The molecule has 1 unspecified atom stereocenters. The Kier molecular flexibility index (Phi) is 9.60. The van der Waals surface area contributed by atoms with Gasteiger partial charge in [0.2, 0.25) is 0 Å². The van der Waals surface area contributed by atoms with Crippen LogP contribution in [0, 0.1) is 6.92 Å². The lowest BCUT2D eigenvalue weighted by molar-refractivity contribution is -0.148. The van der Waals surface area contributed by atoms with Gasteiger partial charge >= 0.3 is 5.97 Å². The lowest BCUT2D eigenvalue weighted by Crippen LogP contribution is -2.29. The second kappa shape index (κ2) is 12.4. The highest BCUT2D eigenvalue weighted by molar-refractivity contribution is 5.97. The van der Waals surface area contributed by atoms with Gasteiger partial charge < -0.3 is 24.3 Å². The van der Waals surface area contributed by atoms with Gasteiger partial charge in [0, 0.05) is 6.08 Å². The molecule has 0 spiro atoms. The fourth-order valence-corrected chi connectivity index (χ4v) is 2.81. The Bertz CT molecular complexity index is 953. The highest BCUT2D eigenvalue weighted by Gasteiger charge is 2.18. The van der Waals surface area contributed by atoms with Gasteiger partial charge in [-0.1, -0.05) is 19.1 Å². The third-order valence-electron chi connectivity index (χ3n) is 4.42. The Morgan fingerprint density at radius 3 is 2.47 bits per heavy atom. The molecule has 0 aliphatic heterocycles. The first-order chi connectivity index (χ1) is 15.4. The molecule has 0 heterocycles. The van der Waals surface area contributed by atoms with Crippen molar-refractivity contribution in [2.24, 2.45) is 0 Å². The minimum Gasteiger partial charge on any atom is -0.495 e. The SMILES string of the molecule is CCCOc1ccc(/C=C/C(=O)OC(C)C(=O)Nc2cc(C)ccc2OC)cc1OCC. The van der Waals surface area contributed by atoms with Crippen LogP contribution in [0.25, 0.3) is 6.08 Å². The van der Waals surface area contributed by atoms with E-state index in [2.05, 4.69) is 5.32 Å². The average molecular weight is 442 g/mol. The summed E-state index contributed by atoms with van der Waals surface area (Å²) in [5, 5.41) is 2.73. The molecule has 0 saturated heterocycles. The van der Waals surface area contributed by atoms with Crippen LogP contribution in [-0.2, 0) is 14.3 Å². The number of amides is 1. The molecule has 0 aliphatic rings. The monoisotopic (exact) mass is 441 g/mol. The minimum atomic E-state index is -0.985. The van der Waals surface area contributed by atoms with Crippen LogP contribution in [0.1, 0.15) is 38.3 Å². The number of hydrogen-bond acceptors (Lipinski definition) is 6. The zero-order chi connectivity index (χ0) is 23.5. The van der Waals surface area contributed by atoms with Crippen LogP contribution in [0.5, 0.6) is 17.2 Å². The van der Waals surface area contributed by atoms with E-state index >= 15 is 0 Å². The summed E-state index contributed by atoms with van der Waals surface area (Å²) in [5.41, 5.74) is 2.23. The molecule has 2 rings (SSSR count). The zero-order valence-corrected chi connectivity index (χ0v) is 19.3. The summed E-state index contributed by atoms with van der Waals surface area (Å²) in [6, 6.07) is 10.8. The lowest BCUT2D eigenvalue weighted by Gasteiger charge is -2.15. The molecule has 32 heavy (non-hydrogen) atoms. The van der Waals surface area contributed by atoms with Crippen LogP contribution in [0.2, 0.25) is 0 Å². The highest BCUT2D eigenvalue weighted by Crippen LogP contribution is 2.29. The molecule has 0 bridgehead atoms. The van der Waals surface area contributed by atoms with E-state index in [-0.39, 0.29) is 0 Å². The van der Waals surface area contributed by atoms with E-state index < -0.39 is 18.0 Å². The number of benzene rings is 2. The number of methoxy groups -OCH3 is 1. The topological polar surface area (TPSA) is 83.1 Å². The molecule has 2 aromatic rings. The number of ether oxygens (including phenoxy) is 4. The van der Waals surface area contributed by atoms with E-state index in [1.807, 2.05) is 32.9 Å². The predicted molar refractivity (Wildman–Crippen MR) is 124 cm³/mol. The first-order valence-corrected chi connectivity index (χ1v) is 10.6. The van der Waals surface area contributed by atoms with Crippen molar-refractivity contribution in [2.75, 3.05) is 25.6 Å². The summed E-state index contributed by atoms with van der Waals surface area (Å²) in [7, 11) is 1.52. The van der Waals surface area contributed by atoms with Crippen molar-refractivity contribution < 1.29 is 28.5 Å². The van der Waals surface area contributed by atoms with Crippen molar-refractivity contribution in [2.45, 2.75) is 40.2 Å². The van der Waals surface area contributed by atoms with Crippen LogP contribution >= 0.6 is 0 Å². The first-order valence-electron chi connectivity index (χ1n) is 10.6. The fourth-order valence-electron chi connectivity index (χ4n) is 2.81. The number of anilines is 1. The Labute approximate surface area is 189 Å². The van der Waals surface area contributed by atoms with E-state index in [0.29, 0.717) is 36.1 Å². The number of nitrogens with one attached hydrogen (secondary N) is 1. The molecule has 172 valence electrons. The maximum Gasteiger partial charge on any atom is 0.331 e. The predicted octanol–water partition coefficient (Wildman–Crippen LogP) is 4.77. The summed E-state index contributed by atoms with van der Waals surface area (Å²) in [6.07, 6.45) is 2.78. The van der Waals surface area contributed by atoms with Crippen molar-refractivity contribution in [1.82, 2.24) is 0 Å². The van der Waals surface area contributed by atoms with Gasteiger partial charge in [-0.15, -0.1) is 0 Å². The van der Waals surface area contributed by atoms with E-state index in [4.69, 9.17) is 18.9 Å². The van der Waals surface area contributed by atoms with E-state index in [0.717, 1.165) is 17.5 Å². The summed E-state index contributed by atoms with van der Waals surface area (Å²) in [4.78, 5) is 24.7. The molecule has 0 saturated carbocycles. The molecule has 1 amide bonds. The smallest absolute Gasteiger partial charge is 0.331 e. The third kappa shape index (κ3) is 7.34. The van der Waals surface area contributed by atoms with Crippen LogP contribution < -0.4 is 19.5 Å². The summed E-state index contributed by atoms with van der Waals surface area (Å²) in [5.74, 6) is 0.709. The van der Waals surface area contributed by atoms with E-state index in [1.165, 1.54) is 20.1 Å². The fraction of sp³-hybridized carbons (Fsp3) is 0.360. The van der Waals surface area contributed by atoms with E-state index in [1.54, 1.807) is 30.3 Å². The summed E-state index contributed by atoms with van der Waals surface area (Å²) in [6.45, 7) is 8.43. The maximum absolute atomic E-state index is 12.4. The highest BCUT2D eigenvalue weighted by atomic mass is 16.5. The lowest BCUT2D eigenvalue weighted by atomic mass is 10.2. The second-order valence-corrected chi connectivity index (χ2v) is 7.09. The van der Waals surface area contributed by atoms with Crippen molar-refractivity contribution >= 4 is 23.6 Å². The molecule has 0 aromatic heterocycles. The van der Waals surface area contributed by atoms with Gasteiger partial charge in [0.25, 0.3) is 5.91 Å². The van der Waals surface area contributed by atoms with Gasteiger partial charge in [0.1, 0.15) is 5.75 Å². The zero-order valence-electron chi connectivity index (χ0n) is 19.3. The quantitative estimate of drug-likeness (QED) is 0.399. The van der Waals surface area contributed by atoms with Crippen LogP contribution in [0.4, 0.5) is 5.69 Å². The largest absolute Gasteiger partial charge is 0.495 e. The second-order valence-electron chi connectivity index (χ2n) is 7.09. The van der Waals surface area contributed by atoms with Gasteiger partial charge in [-0.05, 0) is 68.7 Å². The summed E-state index contributed by atoms with van der Waals surface area (Å²) < 4.78 is 21.8. The summed E-state index contributed by atoms with van der Waals surface area (Å²) >= 11 is 0. The Hall–Kier alpha value is -3.48. The first kappa shape index (κ1) is 24.8. The third-order valence-corrected chi connectivity index (χ3v) is 4.42. The van der Waals surface area contributed by atoms with Gasteiger partial charge in [-0.3, -0.25) is 4.79 Å². The molecule has 0 fully saturated rings. The van der Waals surface area contributed by atoms with Gasteiger partial charge in [0.05, 0.1) is 26.0 Å². The maximum atomic E-state index is 12.4.